The molecule has 0 bridgehead atoms. The summed E-state index contributed by atoms with van der Waals surface area (Å²) in [6.45, 7) is 0. The summed E-state index contributed by atoms with van der Waals surface area (Å²) in [5.41, 5.74) is 2.78. The molecular formula is C52H28N2O8. The molecule has 10 nitrogen and oxygen atoms in total. The fourth-order valence-corrected chi connectivity index (χ4v) is 6.92. The second-order valence-electron chi connectivity index (χ2n) is 14.0. The molecule has 10 heteroatoms. The number of nitrogens with zero attached hydrogens (tertiary/aromatic N) is 2. The highest BCUT2D eigenvalue weighted by atomic mass is 16.5. The summed E-state index contributed by atoms with van der Waals surface area (Å²) in [5, 5.41) is 0. The van der Waals surface area contributed by atoms with Gasteiger partial charge in [-0.15, -0.1) is 0 Å². The van der Waals surface area contributed by atoms with Gasteiger partial charge in [0, 0.05) is 40.5 Å². The lowest BCUT2D eigenvalue weighted by Crippen LogP contribution is -2.29. The Morgan fingerprint density at radius 2 is 0.742 bits per heavy atom. The van der Waals surface area contributed by atoms with Crippen molar-refractivity contribution < 1.29 is 38.2 Å². The third kappa shape index (κ3) is 7.62. The molecule has 0 aromatic heterocycles. The van der Waals surface area contributed by atoms with Gasteiger partial charge in [0.05, 0.1) is 33.6 Å². The van der Waals surface area contributed by atoms with Crippen molar-refractivity contribution in [1.29, 1.82) is 0 Å². The largest absolute Gasteiger partial charge is 0.457 e. The van der Waals surface area contributed by atoms with Crippen molar-refractivity contribution >= 4 is 46.6 Å². The van der Waals surface area contributed by atoms with E-state index in [1.165, 1.54) is 36.4 Å². The number of hydrogen-bond acceptors (Lipinski definition) is 8. The van der Waals surface area contributed by atoms with Crippen LogP contribution in [0.15, 0.2) is 170 Å². The second-order valence-corrected chi connectivity index (χ2v) is 14.0. The first-order valence-corrected chi connectivity index (χ1v) is 19.1. The van der Waals surface area contributed by atoms with Gasteiger partial charge in [-0.2, -0.15) is 0 Å². The van der Waals surface area contributed by atoms with E-state index in [0.717, 1.165) is 9.80 Å². The fourth-order valence-electron chi connectivity index (χ4n) is 6.92. The van der Waals surface area contributed by atoms with E-state index >= 15 is 0 Å². The maximum absolute atomic E-state index is 13.6. The highest BCUT2D eigenvalue weighted by molar-refractivity contribution is 6.36. The summed E-state index contributed by atoms with van der Waals surface area (Å²) < 4.78 is 12.3. The Morgan fingerprint density at radius 1 is 0.371 bits per heavy atom. The van der Waals surface area contributed by atoms with Crippen LogP contribution in [0.1, 0.15) is 73.3 Å². The Balaban J connectivity index is 0.876. The number of rotatable bonds is 8. The second kappa shape index (κ2) is 16.3. The Bertz CT molecular complexity index is 2960. The molecule has 7 aromatic rings. The van der Waals surface area contributed by atoms with Crippen LogP contribution in [0.5, 0.6) is 23.0 Å². The molecule has 2 aliphatic heterocycles. The zero-order valence-electron chi connectivity index (χ0n) is 32.3. The SMILES string of the molecule is O=C(C#Cc1ccccc1)c1ccc2c(c1)C(=O)N(c1cccc(Oc3cccc(Oc4cccc(N5C(=O)c6ccc(C(=O)C#Cc7ccccc7)cc6C5=O)c4)c3)c1)C2=O. The van der Waals surface area contributed by atoms with Gasteiger partial charge in [-0.1, -0.05) is 66.4 Å². The monoisotopic (exact) mass is 808 g/mol. The molecule has 0 saturated carbocycles. The van der Waals surface area contributed by atoms with Crippen LogP contribution in [-0.4, -0.2) is 35.2 Å². The molecule has 9 rings (SSSR count). The van der Waals surface area contributed by atoms with E-state index in [-0.39, 0.29) is 44.8 Å². The number of imide groups is 2. The first kappa shape index (κ1) is 38.4. The van der Waals surface area contributed by atoms with Crippen molar-refractivity contribution in [3.63, 3.8) is 0 Å². The van der Waals surface area contributed by atoms with Gasteiger partial charge in [-0.25, -0.2) is 9.80 Å². The van der Waals surface area contributed by atoms with Gasteiger partial charge in [-0.05, 0) is 109 Å². The molecule has 0 N–H and O–H groups in total. The summed E-state index contributed by atoms with van der Waals surface area (Å²) in [6, 6.07) is 46.4. The molecular weight excluding hydrogens is 781 g/mol. The number of benzene rings is 7. The predicted molar refractivity (Wildman–Crippen MR) is 230 cm³/mol. The number of Topliss-reactive ketones (excluding diaryl/α,β-unsaturated/α-hetero) is 2. The van der Waals surface area contributed by atoms with Gasteiger partial charge >= 0.3 is 0 Å². The van der Waals surface area contributed by atoms with Gasteiger partial charge in [0.25, 0.3) is 23.6 Å². The Hall–Kier alpha value is -9.12. The highest BCUT2D eigenvalue weighted by Gasteiger charge is 2.38. The molecule has 4 amide bonds. The molecule has 62 heavy (non-hydrogen) atoms. The Labute approximate surface area is 354 Å². The smallest absolute Gasteiger partial charge is 0.266 e. The summed E-state index contributed by atoms with van der Waals surface area (Å²) >= 11 is 0. The van der Waals surface area contributed by atoms with Crippen molar-refractivity contribution in [2.45, 2.75) is 0 Å². The predicted octanol–water partition coefficient (Wildman–Crippen LogP) is 9.34. The molecule has 0 spiro atoms. The van der Waals surface area contributed by atoms with Crippen LogP contribution in [0.4, 0.5) is 11.4 Å². The van der Waals surface area contributed by atoms with Crippen LogP contribution in [0.25, 0.3) is 0 Å². The van der Waals surface area contributed by atoms with E-state index in [0.29, 0.717) is 34.1 Å². The lowest BCUT2D eigenvalue weighted by molar-refractivity contribution is 0.0910. The number of anilines is 2. The van der Waals surface area contributed by atoms with Crippen LogP contribution in [0.3, 0.4) is 0 Å². The number of carbonyl (C=O) groups is 6. The maximum Gasteiger partial charge on any atom is 0.266 e. The Kier molecular flexibility index (Phi) is 10.1. The van der Waals surface area contributed by atoms with E-state index in [2.05, 4.69) is 23.7 Å². The molecule has 2 aliphatic rings. The average molecular weight is 809 g/mol. The molecule has 2 heterocycles. The molecule has 294 valence electrons. The highest BCUT2D eigenvalue weighted by Crippen LogP contribution is 2.36. The maximum atomic E-state index is 13.6. The van der Waals surface area contributed by atoms with Crippen molar-refractivity contribution in [3.05, 3.63) is 214 Å². The average Bonchev–Trinajstić information content (AvgIpc) is 3.71. The van der Waals surface area contributed by atoms with Crippen molar-refractivity contribution in [1.82, 2.24) is 0 Å². The summed E-state index contributed by atoms with van der Waals surface area (Å²) in [7, 11) is 0. The lowest BCUT2D eigenvalue weighted by atomic mass is 10.0. The van der Waals surface area contributed by atoms with E-state index in [9.17, 15) is 28.8 Å². The van der Waals surface area contributed by atoms with Crippen LogP contribution >= 0.6 is 0 Å². The van der Waals surface area contributed by atoms with Gasteiger partial charge < -0.3 is 9.47 Å². The molecule has 7 aromatic carbocycles. The third-order valence-electron chi connectivity index (χ3n) is 9.91. The number of hydrogen-bond donors (Lipinski definition) is 0. The minimum absolute atomic E-state index is 0.0942. The number of ether oxygens (including phenoxy) is 2. The first-order valence-electron chi connectivity index (χ1n) is 19.1. The molecule has 0 unspecified atom stereocenters. The van der Waals surface area contributed by atoms with Crippen LogP contribution < -0.4 is 19.3 Å². The topological polar surface area (TPSA) is 127 Å². The van der Waals surface area contributed by atoms with Crippen molar-refractivity contribution in [2.75, 3.05) is 9.80 Å². The van der Waals surface area contributed by atoms with Crippen molar-refractivity contribution in [2.24, 2.45) is 0 Å². The van der Waals surface area contributed by atoms with Gasteiger partial charge in [0.1, 0.15) is 23.0 Å². The van der Waals surface area contributed by atoms with E-state index in [1.807, 2.05) is 36.4 Å². The lowest BCUT2D eigenvalue weighted by Gasteiger charge is -2.16. The molecule has 0 atom stereocenters. The summed E-state index contributed by atoms with van der Waals surface area (Å²) in [6.07, 6.45) is 0. The molecule has 0 fully saturated rings. The van der Waals surface area contributed by atoms with Gasteiger partial charge in [0.15, 0.2) is 0 Å². The molecule has 0 saturated heterocycles. The van der Waals surface area contributed by atoms with E-state index < -0.39 is 35.2 Å². The van der Waals surface area contributed by atoms with Gasteiger partial charge in [0.2, 0.25) is 11.6 Å². The first-order chi connectivity index (χ1) is 30.2. The fraction of sp³-hybridized carbons (Fsp3) is 0. The zero-order chi connectivity index (χ0) is 42.7. The quantitative estimate of drug-likeness (QED) is 0.0845. The van der Waals surface area contributed by atoms with Crippen LogP contribution in [0, 0.1) is 23.7 Å². The number of amides is 4. The number of ketones is 2. The van der Waals surface area contributed by atoms with Crippen molar-refractivity contribution in [3.8, 4) is 46.7 Å². The standard InChI is InChI=1S/C52H28N2O8/c55-47(26-20-33-10-3-1-4-11-33)35-22-24-43-45(28-35)51(59)53(49(43)57)37-14-7-16-39(30-37)61-41-18-9-19-42(32-41)62-40-17-8-15-38(31-40)54-50(58)44-25-23-36(29-46(44)52(54)60)48(56)27-21-34-12-5-2-6-13-34/h1-19,22-25,28-32H. The molecule has 0 aliphatic carbocycles. The Morgan fingerprint density at radius 3 is 1.16 bits per heavy atom. The summed E-state index contributed by atoms with van der Waals surface area (Å²) in [5.74, 6) is 8.98. The zero-order valence-corrected chi connectivity index (χ0v) is 32.3. The minimum atomic E-state index is -0.587. The molecule has 0 radical (unpaired) electrons. The van der Waals surface area contributed by atoms with Crippen LogP contribution in [0.2, 0.25) is 0 Å². The van der Waals surface area contributed by atoms with E-state index in [1.54, 1.807) is 97.1 Å². The third-order valence-corrected chi connectivity index (χ3v) is 9.91. The van der Waals surface area contributed by atoms with Gasteiger partial charge in [-0.3, -0.25) is 28.8 Å². The number of carbonyl (C=O) groups excluding carboxylic acids is 6. The van der Waals surface area contributed by atoms with E-state index in [4.69, 9.17) is 9.47 Å². The summed E-state index contributed by atoms with van der Waals surface area (Å²) in [4.78, 5) is 81.9. The minimum Gasteiger partial charge on any atom is -0.457 e. The van der Waals surface area contributed by atoms with Crippen LogP contribution in [-0.2, 0) is 0 Å². The normalized spacial score (nSPS) is 12.5. The number of fused-ring (bicyclic) bond motifs is 2.